The lowest BCUT2D eigenvalue weighted by molar-refractivity contribution is 0.469. The zero-order valence-electron chi connectivity index (χ0n) is 14.5. The second-order valence-corrected chi connectivity index (χ2v) is 7.14. The second-order valence-electron chi connectivity index (χ2n) is 7.14. The highest BCUT2D eigenvalue weighted by Crippen LogP contribution is 2.47. The summed E-state index contributed by atoms with van der Waals surface area (Å²) < 4.78 is 1.65. The molecule has 1 heterocycles. The molecule has 124 valence electrons. The molecule has 25 heavy (non-hydrogen) atoms. The monoisotopic (exact) mass is 328 g/mol. The van der Waals surface area contributed by atoms with Gasteiger partial charge in [-0.3, -0.25) is 9.36 Å². The van der Waals surface area contributed by atoms with E-state index in [0.29, 0.717) is 0 Å². The molecule has 0 amide bonds. The topological polar surface area (TPSA) is 45.8 Å². The van der Waals surface area contributed by atoms with Gasteiger partial charge in [-0.1, -0.05) is 36.4 Å². The summed E-state index contributed by atoms with van der Waals surface area (Å²) in [5.74, 6) is 0.173. The number of carbonyl (C=O) groups is 1. The van der Waals surface area contributed by atoms with E-state index in [9.17, 15) is 10.1 Å². The fourth-order valence-corrected chi connectivity index (χ4v) is 4.32. The lowest BCUT2D eigenvalue weighted by Gasteiger charge is -2.30. The third-order valence-electron chi connectivity index (χ3n) is 5.80. The van der Waals surface area contributed by atoms with Crippen LogP contribution in [0, 0.1) is 18.3 Å². The van der Waals surface area contributed by atoms with Crippen molar-refractivity contribution >= 4 is 17.3 Å². The number of hydrogen-bond acceptors (Lipinski definition) is 2. The maximum Gasteiger partial charge on any atom is 0.218 e. The summed E-state index contributed by atoms with van der Waals surface area (Å²) in [4.78, 5) is 11.5. The smallest absolute Gasteiger partial charge is 0.218 e. The van der Waals surface area contributed by atoms with E-state index in [1.807, 2.05) is 38.1 Å². The molecular formula is C22H20N2O. The summed E-state index contributed by atoms with van der Waals surface area (Å²) in [7, 11) is 0. The second kappa shape index (κ2) is 5.60. The quantitative estimate of drug-likeness (QED) is 0.665. The Hall–Kier alpha value is -2.86. The Morgan fingerprint density at radius 2 is 2.04 bits per heavy atom. The molecule has 0 bridgehead atoms. The van der Waals surface area contributed by atoms with Crippen LogP contribution in [0.2, 0.25) is 0 Å². The van der Waals surface area contributed by atoms with Gasteiger partial charge in [-0.15, -0.1) is 0 Å². The number of nitriles is 1. The molecule has 0 radical (unpaired) electrons. The van der Waals surface area contributed by atoms with Crippen molar-refractivity contribution in [3.05, 3.63) is 70.9 Å². The highest BCUT2D eigenvalue weighted by atomic mass is 16.1. The molecule has 0 N–H and O–H groups in total. The summed E-state index contributed by atoms with van der Waals surface area (Å²) in [5.41, 5.74) is 4.78. The number of hydrogen-bond donors (Lipinski definition) is 0. The van der Waals surface area contributed by atoms with Crippen molar-refractivity contribution in [3.8, 4) is 6.07 Å². The first-order chi connectivity index (χ1) is 12.1. The Balaban J connectivity index is 1.88. The number of benzene rings is 2. The third kappa shape index (κ3) is 2.21. The molecule has 0 unspecified atom stereocenters. The molecule has 2 atom stereocenters. The molecule has 1 aliphatic carbocycles. The van der Waals surface area contributed by atoms with Crippen molar-refractivity contribution in [1.82, 2.24) is 4.57 Å². The highest BCUT2D eigenvalue weighted by Gasteiger charge is 2.40. The standard InChI is InChI=1S/C22H20N2O/c1-15-11-17-7-9-18(12-21(17)24(15)14-25)22(2,13-23)20-10-8-16-5-3-4-6-19(16)20/h3-7,9,11-12,14,20H,8,10H2,1-2H3/t20-,22-/m1/s1. The van der Waals surface area contributed by atoms with Crippen molar-refractivity contribution in [2.45, 2.75) is 38.0 Å². The van der Waals surface area contributed by atoms with E-state index in [2.05, 4.69) is 30.3 Å². The minimum Gasteiger partial charge on any atom is -0.287 e. The first-order valence-electron chi connectivity index (χ1n) is 8.65. The minimum absolute atomic E-state index is 0.173. The van der Waals surface area contributed by atoms with Crippen molar-refractivity contribution in [3.63, 3.8) is 0 Å². The summed E-state index contributed by atoms with van der Waals surface area (Å²) in [6, 6.07) is 19.1. The molecule has 1 aliphatic rings. The van der Waals surface area contributed by atoms with Gasteiger partial charge in [0.15, 0.2) is 0 Å². The van der Waals surface area contributed by atoms with E-state index in [1.54, 1.807) is 4.57 Å². The number of aromatic nitrogens is 1. The first-order valence-corrected chi connectivity index (χ1v) is 8.65. The number of carbonyl (C=O) groups excluding carboxylic acids is 1. The Morgan fingerprint density at radius 1 is 1.24 bits per heavy atom. The molecule has 0 fully saturated rings. The van der Waals surface area contributed by atoms with Crippen LogP contribution in [0.25, 0.3) is 10.9 Å². The highest BCUT2D eigenvalue weighted by molar-refractivity contribution is 5.87. The zero-order chi connectivity index (χ0) is 17.6. The van der Waals surface area contributed by atoms with Gasteiger partial charge in [0.25, 0.3) is 0 Å². The molecule has 0 spiro atoms. The van der Waals surface area contributed by atoms with Crippen LogP contribution in [0.1, 0.15) is 41.6 Å². The molecule has 0 saturated heterocycles. The Morgan fingerprint density at radius 3 is 2.80 bits per heavy atom. The van der Waals surface area contributed by atoms with E-state index in [4.69, 9.17) is 0 Å². The van der Waals surface area contributed by atoms with Gasteiger partial charge in [-0.25, -0.2) is 0 Å². The average molecular weight is 328 g/mol. The largest absolute Gasteiger partial charge is 0.287 e. The van der Waals surface area contributed by atoms with Gasteiger partial charge < -0.3 is 0 Å². The van der Waals surface area contributed by atoms with E-state index in [1.165, 1.54) is 11.1 Å². The molecule has 2 aromatic carbocycles. The molecule has 0 aliphatic heterocycles. The van der Waals surface area contributed by atoms with E-state index < -0.39 is 5.41 Å². The molecule has 3 aromatic rings. The van der Waals surface area contributed by atoms with Crippen LogP contribution in [0.15, 0.2) is 48.5 Å². The predicted molar refractivity (Wildman–Crippen MR) is 99.3 cm³/mol. The molecular weight excluding hydrogens is 308 g/mol. The molecule has 1 aromatic heterocycles. The normalized spacial score (nSPS) is 18.5. The molecule has 3 nitrogen and oxygen atoms in total. The van der Waals surface area contributed by atoms with Crippen molar-refractivity contribution in [1.29, 1.82) is 5.26 Å². The summed E-state index contributed by atoms with van der Waals surface area (Å²) in [5, 5.41) is 11.1. The zero-order valence-corrected chi connectivity index (χ0v) is 14.5. The average Bonchev–Trinajstić information content (AvgIpc) is 3.20. The van der Waals surface area contributed by atoms with Crippen molar-refractivity contribution < 1.29 is 4.79 Å². The summed E-state index contributed by atoms with van der Waals surface area (Å²) in [6.07, 6.45) is 2.84. The Labute approximate surface area is 147 Å². The van der Waals surface area contributed by atoms with Gasteiger partial charge in [0.2, 0.25) is 6.41 Å². The van der Waals surface area contributed by atoms with E-state index in [0.717, 1.165) is 41.4 Å². The van der Waals surface area contributed by atoms with Crippen LogP contribution in [0.3, 0.4) is 0 Å². The predicted octanol–water partition coefficient (Wildman–Crippen LogP) is 4.50. The Bertz CT molecular complexity index is 1020. The number of aryl methyl sites for hydroxylation is 2. The van der Waals surface area contributed by atoms with Crippen molar-refractivity contribution in [2.24, 2.45) is 0 Å². The molecule has 0 saturated carbocycles. The lowest BCUT2D eigenvalue weighted by Crippen LogP contribution is -2.27. The minimum atomic E-state index is -0.618. The number of rotatable bonds is 3. The fourth-order valence-electron chi connectivity index (χ4n) is 4.32. The maximum atomic E-state index is 11.5. The first kappa shape index (κ1) is 15.7. The molecule has 3 heteroatoms. The Kier molecular flexibility index (Phi) is 3.51. The lowest BCUT2D eigenvalue weighted by atomic mass is 9.70. The van der Waals surface area contributed by atoms with Crippen LogP contribution >= 0.6 is 0 Å². The SMILES string of the molecule is Cc1cc2ccc([C@@](C)(C#N)[C@@H]3CCc4ccccc43)cc2n1C=O. The molecule has 4 rings (SSSR count). The maximum absolute atomic E-state index is 11.5. The van der Waals surface area contributed by atoms with Crippen LogP contribution in [0.5, 0.6) is 0 Å². The van der Waals surface area contributed by atoms with Gasteiger partial charge >= 0.3 is 0 Å². The summed E-state index contributed by atoms with van der Waals surface area (Å²) in [6.45, 7) is 3.95. The van der Waals surface area contributed by atoms with Gasteiger partial charge in [0, 0.05) is 17.0 Å². The van der Waals surface area contributed by atoms with Crippen LogP contribution in [-0.4, -0.2) is 11.0 Å². The van der Waals surface area contributed by atoms with Crippen LogP contribution in [-0.2, 0) is 16.6 Å². The van der Waals surface area contributed by atoms with Gasteiger partial charge in [-0.2, -0.15) is 5.26 Å². The third-order valence-corrected chi connectivity index (χ3v) is 5.80. The van der Waals surface area contributed by atoms with Gasteiger partial charge in [0.1, 0.15) is 0 Å². The van der Waals surface area contributed by atoms with Gasteiger partial charge in [-0.05, 0) is 55.5 Å². The van der Waals surface area contributed by atoms with Crippen LogP contribution in [0.4, 0.5) is 0 Å². The van der Waals surface area contributed by atoms with E-state index in [-0.39, 0.29) is 5.92 Å². The number of fused-ring (bicyclic) bond motifs is 2. The van der Waals surface area contributed by atoms with Gasteiger partial charge in [0.05, 0.1) is 17.0 Å². The van der Waals surface area contributed by atoms with Crippen LogP contribution < -0.4 is 0 Å². The van der Waals surface area contributed by atoms with Crippen molar-refractivity contribution in [2.75, 3.05) is 0 Å². The van der Waals surface area contributed by atoms with E-state index >= 15 is 0 Å². The number of nitrogens with zero attached hydrogens (tertiary/aromatic N) is 2. The summed E-state index contributed by atoms with van der Waals surface area (Å²) >= 11 is 0. The fraction of sp³-hybridized carbons (Fsp3) is 0.273.